The van der Waals surface area contributed by atoms with Crippen LogP contribution in [0.4, 0.5) is 5.69 Å². The molecule has 0 radical (unpaired) electrons. The average molecular weight is 455 g/mol. The zero-order valence-electron chi connectivity index (χ0n) is 19.4. The summed E-state index contributed by atoms with van der Waals surface area (Å²) >= 11 is 0. The minimum absolute atomic E-state index is 0.136. The lowest BCUT2D eigenvalue weighted by atomic mass is 10.1. The summed E-state index contributed by atoms with van der Waals surface area (Å²) in [5, 5.41) is 2.82. The number of rotatable bonds is 16. The molecule has 2 aromatic rings. The number of amides is 1. The van der Waals surface area contributed by atoms with Gasteiger partial charge in [-0.05, 0) is 74.9 Å². The minimum atomic E-state index is -0.696. The van der Waals surface area contributed by atoms with E-state index in [1.165, 1.54) is 5.56 Å². The quantitative estimate of drug-likeness (QED) is 0.227. The van der Waals surface area contributed by atoms with Crippen LogP contribution < -0.4 is 22.3 Å². The van der Waals surface area contributed by atoms with Crippen molar-refractivity contribution < 1.29 is 14.4 Å². The molecule has 1 atom stereocenters. The van der Waals surface area contributed by atoms with E-state index in [4.69, 9.17) is 16.3 Å². The fourth-order valence-corrected chi connectivity index (χ4v) is 3.49. The smallest absolute Gasteiger partial charge is 0.343 e. The lowest BCUT2D eigenvalue weighted by Crippen LogP contribution is -2.42. The Bertz CT molecular complexity index is 812. The molecule has 0 heterocycles. The number of nitrogens with one attached hydrogen (secondary N) is 2. The summed E-state index contributed by atoms with van der Waals surface area (Å²) in [7, 11) is 0. The van der Waals surface area contributed by atoms with Crippen LogP contribution in [-0.4, -0.2) is 31.0 Å². The molecule has 0 saturated carbocycles. The van der Waals surface area contributed by atoms with Crippen LogP contribution in [0.15, 0.2) is 54.6 Å². The Balaban J connectivity index is 1.82. The molecule has 180 valence electrons. The summed E-state index contributed by atoms with van der Waals surface area (Å²) in [5.74, 6) is -0.639. The van der Waals surface area contributed by atoms with Crippen LogP contribution in [0.1, 0.15) is 62.5 Å². The van der Waals surface area contributed by atoms with E-state index in [0.29, 0.717) is 31.6 Å². The Hall–Kier alpha value is -2.90. The Morgan fingerprint density at radius 1 is 0.788 bits per heavy atom. The van der Waals surface area contributed by atoms with Gasteiger partial charge in [-0.15, -0.1) is 0 Å². The van der Waals surface area contributed by atoms with Gasteiger partial charge in [-0.2, -0.15) is 0 Å². The van der Waals surface area contributed by atoms with Crippen LogP contribution in [0.3, 0.4) is 0 Å². The van der Waals surface area contributed by atoms with Crippen LogP contribution in [0.25, 0.3) is 0 Å². The van der Waals surface area contributed by atoms with Crippen molar-refractivity contribution in [1.29, 1.82) is 0 Å². The number of hydrogen-bond donors (Lipinski definition) is 4. The first-order valence-corrected chi connectivity index (χ1v) is 11.9. The molecule has 7 heteroatoms. The monoisotopic (exact) mass is 454 g/mol. The Labute approximate surface area is 197 Å². The fourth-order valence-electron chi connectivity index (χ4n) is 3.49. The lowest BCUT2D eigenvalue weighted by Gasteiger charge is -2.18. The van der Waals surface area contributed by atoms with Crippen molar-refractivity contribution in [3.05, 3.63) is 65.7 Å². The van der Waals surface area contributed by atoms with E-state index in [9.17, 15) is 9.59 Å². The molecule has 0 unspecified atom stereocenters. The summed E-state index contributed by atoms with van der Waals surface area (Å²) in [6.07, 6.45) is 6.96. The molecule has 0 aromatic heterocycles. The highest BCUT2D eigenvalue weighted by atomic mass is 16.7. The third-order valence-corrected chi connectivity index (χ3v) is 5.40. The predicted octanol–water partition coefficient (Wildman–Crippen LogP) is 3.67. The highest BCUT2D eigenvalue weighted by Gasteiger charge is 2.22. The molecule has 0 saturated heterocycles. The third kappa shape index (κ3) is 11.0. The minimum Gasteiger partial charge on any atom is -0.343 e. The maximum atomic E-state index is 12.6. The van der Waals surface area contributed by atoms with Crippen molar-refractivity contribution in [2.45, 2.75) is 63.8 Å². The average Bonchev–Trinajstić information content (AvgIpc) is 2.83. The van der Waals surface area contributed by atoms with Crippen LogP contribution in [0.5, 0.6) is 0 Å². The maximum Gasteiger partial charge on any atom is 0.354 e. The SMILES string of the molecule is NCCCCCCC(=O)N[C@@H](CCCCN)C(=O)ONc1ccc(Cc2ccccc2)cc1. The van der Waals surface area contributed by atoms with E-state index in [1.54, 1.807) is 0 Å². The molecule has 0 bridgehead atoms. The molecule has 0 aliphatic carbocycles. The first-order chi connectivity index (χ1) is 16.1. The summed E-state index contributed by atoms with van der Waals surface area (Å²) in [5.41, 5.74) is 16.8. The summed E-state index contributed by atoms with van der Waals surface area (Å²) in [6.45, 7) is 1.22. The van der Waals surface area contributed by atoms with E-state index in [1.807, 2.05) is 42.5 Å². The number of benzene rings is 2. The molecule has 7 nitrogen and oxygen atoms in total. The molecular weight excluding hydrogens is 416 g/mol. The number of carbonyl (C=O) groups is 2. The molecule has 0 spiro atoms. The fraction of sp³-hybridized carbons (Fsp3) is 0.462. The van der Waals surface area contributed by atoms with E-state index in [0.717, 1.165) is 50.5 Å². The Morgan fingerprint density at radius 3 is 2.12 bits per heavy atom. The topological polar surface area (TPSA) is 119 Å². The Morgan fingerprint density at radius 2 is 1.42 bits per heavy atom. The molecule has 2 aromatic carbocycles. The first kappa shape index (κ1) is 26.4. The second kappa shape index (κ2) is 15.8. The molecular formula is C26H38N4O3. The van der Waals surface area contributed by atoms with Gasteiger partial charge in [0, 0.05) is 6.42 Å². The molecule has 0 fully saturated rings. The second-order valence-corrected chi connectivity index (χ2v) is 8.24. The van der Waals surface area contributed by atoms with Crippen LogP contribution in [-0.2, 0) is 20.8 Å². The van der Waals surface area contributed by atoms with Gasteiger partial charge in [0.2, 0.25) is 5.91 Å². The van der Waals surface area contributed by atoms with Gasteiger partial charge in [0.05, 0.1) is 5.69 Å². The summed E-state index contributed by atoms with van der Waals surface area (Å²) in [4.78, 5) is 30.2. The van der Waals surface area contributed by atoms with Gasteiger partial charge in [-0.25, -0.2) is 10.3 Å². The number of unbranched alkanes of at least 4 members (excludes halogenated alkanes) is 4. The largest absolute Gasteiger partial charge is 0.354 e. The van der Waals surface area contributed by atoms with Crippen molar-refractivity contribution in [3.8, 4) is 0 Å². The second-order valence-electron chi connectivity index (χ2n) is 8.24. The Kier molecular flexibility index (Phi) is 12.6. The van der Waals surface area contributed by atoms with Crippen molar-refractivity contribution in [2.24, 2.45) is 11.5 Å². The van der Waals surface area contributed by atoms with Crippen LogP contribution in [0, 0.1) is 0 Å². The van der Waals surface area contributed by atoms with E-state index in [2.05, 4.69) is 22.9 Å². The normalized spacial score (nSPS) is 11.6. The van der Waals surface area contributed by atoms with Gasteiger partial charge in [-0.3, -0.25) is 4.79 Å². The molecule has 1 amide bonds. The summed E-state index contributed by atoms with van der Waals surface area (Å²) in [6, 6.07) is 17.3. The van der Waals surface area contributed by atoms with Crippen molar-refractivity contribution >= 4 is 17.6 Å². The van der Waals surface area contributed by atoms with Crippen LogP contribution >= 0.6 is 0 Å². The van der Waals surface area contributed by atoms with Gasteiger partial charge >= 0.3 is 5.97 Å². The number of hydrogen-bond acceptors (Lipinski definition) is 6. The summed E-state index contributed by atoms with van der Waals surface area (Å²) < 4.78 is 0. The standard InChI is InChI=1S/C26H38N4O3/c27-18-8-2-1-6-13-25(31)29-24(12-7-9-19-28)26(32)33-30-23-16-14-22(15-17-23)20-21-10-4-3-5-11-21/h3-5,10-11,14-17,24,30H,1-2,6-9,12-13,18-20,27-28H2,(H,29,31)/t24-/m0/s1. The van der Waals surface area contributed by atoms with E-state index in [-0.39, 0.29) is 5.91 Å². The van der Waals surface area contributed by atoms with Crippen molar-refractivity contribution in [3.63, 3.8) is 0 Å². The molecule has 2 rings (SSSR count). The van der Waals surface area contributed by atoms with E-state index >= 15 is 0 Å². The molecule has 6 N–H and O–H groups in total. The molecule has 0 aliphatic rings. The van der Waals surface area contributed by atoms with Crippen LogP contribution in [0.2, 0.25) is 0 Å². The predicted molar refractivity (Wildman–Crippen MR) is 132 cm³/mol. The number of nitrogens with two attached hydrogens (primary N) is 2. The lowest BCUT2D eigenvalue weighted by molar-refractivity contribution is -0.145. The van der Waals surface area contributed by atoms with Gasteiger partial charge < -0.3 is 21.6 Å². The van der Waals surface area contributed by atoms with Gasteiger partial charge in [-0.1, -0.05) is 55.3 Å². The van der Waals surface area contributed by atoms with E-state index < -0.39 is 12.0 Å². The zero-order valence-corrected chi connectivity index (χ0v) is 19.4. The first-order valence-electron chi connectivity index (χ1n) is 11.9. The third-order valence-electron chi connectivity index (χ3n) is 5.40. The maximum absolute atomic E-state index is 12.6. The molecule has 0 aliphatic heterocycles. The number of carbonyl (C=O) groups excluding carboxylic acids is 2. The van der Waals surface area contributed by atoms with Crippen molar-refractivity contribution in [2.75, 3.05) is 18.6 Å². The highest BCUT2D eigenvalue weighted by molar-refractivity contribution is 5.84. The highest BCUT2D eigenvalue weighted by Crippen LogP contribution is 2.14. The van der Waals surface area contributed by atoms with Gasteiger partial charge in [0.15, 0.2) is 0 Å². The van der Waals surface area contributed by atoms with Crippen molar-refractivity contribution in [1.82, 2.24) is 5.32 Å². The molecule has 33 heavy (non-hydrogen) atoms. The zero-order chi connectivity index (χ0) is 23.7. The van der Waals surface area contributed by atoms with Gasteiger partial charge in [0.25, 0.3) is 0 Å². The number of anilines is 1. The van der Waals surface area contributed by atoms with Gasteiger partial charge in [0.1, 0.15) is 6.04 Å².